The monoisotopic (exact) mass is 441 g/mol. The Labute approximate surface area is 186 Å². The van der Waals surface area contributed by atoms with Crippen molar-refractivity contribution in [2.24, 2.45) is 0 Å². The highest BCUT2D eigenvalue weighted by atomic mass is 19.1. The minimum Gasteiger partial charge on any atom is -0.394 e. The molecule has 2 heterocycles. The third kappa shape index (κ3) is 3.83. The molecule has 8 heteroatoms. The van der Waals surface area contributed by atoms with Crippen LogP contribution in [0.1, 0.15) is 69.8 Å². The number of nitrogens with one attached hydrogen (secondary N) is 2. The van der Waals surface area contributed by atoms with Gasteiger partial charge in [-0.15, -0.1) is 0 Å². The predicted octanol–water partition coefficient (Wildman–Crippen LogP) is 3.05. The first-order chi connectivity index (χ1) is 15.3. The van der Waals surface area contributed by atoms with Gasteiger partial charge in [-0.1, -0.05) is 0 Å². The average molecular weight is 442 g/mol. The summed E-state index contributed by atoms with van der Waals surface area (Å²) in [5.74, 6) is -2.19. The molecule has 2 aliphatic rings. The van der Waals surface area contributed by atoms with Crippen LogP contribution in [0.4, 0.5) is 10.1 Å². The first kappa shape index (κ1) is 22.2. The Morgan fingerprint density at radius 1 is 1.16 bits per heavy atom. The number of ketones is 1. The van der Waals surface area contributed by atoms with E-state index in [0.29, 0.717) is 48.2 Å². The van der Waals surface area contributed by atoms with E-state index in [0.717, 1.165) is 25.0 Å². The first-order valence-corrected chi connectivity index (χ1v) is 11.0. The van der Waals surface area contributed by atoms with E-state index >= 15 is 0 Å². The van der Waals surface area contributed by atoms with Gasteiger partial charge >= 0.3 is 0 Å². The molecule has 1 saturated carbocycles. The second kappa shape index (κ2) is 8.50. The number of nitrogens with zero attached hydrogens (tertiary/aromatic N) is 1. The highest BCUT2D eigenvalue weighted by Gasteiger charge is 2.40. The molecule has 170 valence electrons. The van der Waals surface area contributed by atoms with Crippen LogP contribution >= 0.6 is 0 Å². The summed E-state index contributed by atoms with van der Waals surface area (Å²) in [4.78, 5) is 39.1. The summed E-state index contributed by atoms with van der Waals surface area (Å²) in [6.45, 7) is 3.65. The minimum atomic E-state index is -0.756. The van der Waals surface area contributed by atoms with Crippen molar-refractivity contribution in [1.82, 2.24) is 9.88 Å². The summed E-state index contributed by atoms with van der Waals surface area (Å²) >= 11 is 0. The number of rotatable bonds is 6. The van der Waals surface area contributed by atoms with Crippen LogP contribution in [0.3, 0.4) is 0 Å². The zero-order chi connectivity index (χ0) is 23.0. The Balaban J connectivity index is 1.66. The van der Waals surface area contributed by atoms with Crippen molar-refractivity contribution in [2.45, 2.75) is 64.5 Å². The zero-order valence-electron chi connectivity index (χ0n) is 18.4. The molecule has 2 aromatic rings. The molecule has 1 aliphatic heterocycles. The SMILES string of the molecule is Cc1cc(NC(=O)c2c(C)c(C(=O)C(=O)NC3(CO)CCC3)n3c2CCCC3)ccc1F. The van der Waals surface area contributed by atoms with Gasteiger partial charge in [-0.25, -0.2) is 4.39 Å². The molecule has 32 heavy (non-hydrogen) atoms. The van der Waals surface area contributed by atoms with E-state index in [1.54, 1.807) is 24.5 Å². The maximum atomic E-state index is 13.6. The number of anilines is 1. The van der Waals surface area contributed by atoms with E-state index in [4.69, 9.17) is 0 Å². The van der Waals surface area contributed by atoms with E-state index in [9.17, 15) is 23.9 Å². The number of aromatic nitrogens is 1. The van der Waals surface area contributed by atoms with Gasteiger partial charge in [-0.05, 0) is 81.7 Å². The zero-order valence-corrected chi connectivity index (χ0v) is 18.4. The number of hydrogen-bond donors (Lipinski definition) is 3. The van der Waals surface area contributed by atoms with Crippen LogP contribution in [0.15, 0.2) is 18.2 Å². The van der Waals surface area contributed by atoms with Crippen molar-refractivity contribution >= 4 is 23.3 Å². The maximum absolute atomic E-state index is 13.6. The number of amides is 2. The van der Waals surface area contributed by atoms with Crippen molar-refractivity contribution in [1.29, 1.82) is 0 Å². The van der Waals surface area contributed by atoms with E-state index < -0.39 is 17.2 Å². The number of fused-ring (bicyclic) bond motifs is 1. The quantitative estimate of drug-likeness (QED) is 0.474. The molecule has 3 N–H and O–H groups in total. The van der Waals surface area contributed by atoms with Gasteiger partial charge in [0.2, 0.25) is 0 Å². The van der Waals surface area contributed by atoms with Gasteiger partial charge in [0.25, 0.3) is 17.6 Å². The van der Waals surface area contributed by atoms with Crippen molar-refractivity contribution in [3.05, 3.63) is 52.1 Å². The Hall–Kier alpha value is -3.00. The Kier molecular flexibility index (Phi) is 5.90. The predicted molar refractivity (Wildman–Crippen MR) is 117 cm³/mol. The molecule has 4 rings (SSSR count). The number of aliphatic hydroxyl groups excluding tert-OH is 1. The number of aliphatic hydroxyl groups is 1. The highest BCUT2D eigenvalue weighted by molar-refractivity contribution is 6.43. The van der Waals surface area contributed by atoms with Gasteiger partial charge in [0.15, 0.2) is 0 Å². The lowest BCUT2D eigenvalue weighted by atomic mass is 9.77. The molecule has 0 bridgehead atoms. The smallest absolute Gasteiger partial charge is 0.294 e. The third-order valence-corrected chi connectivity index (χ3v) is 6.72. The topological polar surface area (TPSA) is 100 Å². The van der Waals surface area contributed by atoms with Crippen LogP contribution in [-0.4, -0.2) is 39.4 Å². The van der Waals surface area contributed by atoms with E-state index in [-0.39, 0.29) is 24.0 Å². The van der Waals surface area contributed by atoms with Crippen molar-refractivity contribution in [3.8, 4) is 0 Å². The molecule has 0 radical (unpaired) electrons. The van der Waals surface area contributed by atoms with E-state index in [1.165, 1.54) is 12.1 Å². The second-order valence-corrected chi connectivity index (χ2v) is 8.90. The molecule has 0 spiro atoms. The number of carbonyl (C=O) groups excluding carboxylic acids is 3. The summed E-state index contributed by atoms with van der Waals surface area (Å²) in [5, 5.41) is 15.1. The van der Waals surface area contributed by atoms with Gasteiger partial charge in [0.05, 0.1) is 23.4 Å². The van der Waals surface area contributed by atoms with Crippen LogP contribution < -0.4 is 10.6 Å². The minimum absolute atomic E-state index is 0.206. The number of halogens is 1. The van der Waals surface area contributed by atoms with Gasteiger partial charge in [-0.3, -0.25) is 14.4 Å². The van der Waals surface area contributed by atoms with Crippen molar-refractivity contribution < 1.29 is 23.9 Å². The first-order valence-electron chi connectivity index (χ1n) is 11.0. The normalized spacial score (nSPS) is 16.6. The molecule has 0 unspecified atom stereocenters. The number of aryl methyl sites for hydroxylation is 1. The third-order valence-electron chi connectivity index (χ3n) is 6.72. The molecule has 1 fully saturated rings. The van der Waals surface area contributed by atoms with Gasteiger partial charge in [-0.2, -0.15) is 0 Å². The number of carbonyl (C=O) groups is 3. The Morgan fingerprint density at radius 3 is 2.53 bits per heavy atom. The van der Waals surface area contributed by atoms with Crippen molar-refractivity contribution in [3.63, 3.8) is 0 Å². The van der Waals surface area contributed by atoms with E-state index in [2.05, 4.69) is 10.6 Å². The number of Topliss-reactive ketones (excluding diaryl/α,β-unsaturated/α-hetero) is 1. The molecular weight excluding hydrogens is 413 g/mol. The summed E-state index contributed by atoms with van der Waals surface area (Å²) < 4.78 is 15.4. The lowest BCUT2D eigenvalue weighted by Crippen LogP contribution is -2.57. The fourth-order valence-electron chi connectivity index (χ4n) is 4.72. The lowest BCUT2D eigenvalue weighted by Gasteiger charge is -2.40. The summed E-state index contributed by atoms with van der Waals surface area (Å²) in [6, 6.07) is 4.34. The molecule has 7 nitrogen and oxygen atoms in total. The molecule has 0 saturated heterocycles. The van der Waals surface area contributed by atoms with Crippen LogP contribution in [0.2, 0.25) is 0 Å². The molecule has 1 aromatic heterocycles. The average Bonchev–Trinajstić information content (AvgIpc) is 3.04. The van der Waals surface area contributed by atoms with Gasteiger partial charge in [0.1, 0.15) is 5.82 Å². The summed E-state index contributed by atoms with van der Waals surface area (Å²) in [5.41, 5.74) is 1.98. The highest BCUT2D eigenvalue weighted by Crippen LogP contribution is 2.32. The summed E-state index contributed by atoms with van der Waals surface area (Å²) in [7, 11) is 0. The van der Waals surface area contributed by atoms with E-state index in [1.807, 2.05) is 0 Å². The molecule has 1 aromatic carbocycles. The molecular formula is C24H28FN3O4. The summed E-state index contributed by atoms with van der Waals surface area (Å²) in [6.07, 6.45) is 4.52. The fourth-order valence-corrected chi connectivity index (χ4v) is 4.72. The fraction of sp³-hybridized carbons (Fsp3) is 0.458. The maximum Gasteiger partial charge on any atom is 0.294 e. The van der Waals surface area contributed by atoms with Crippen LogP contribution in [0.25, 0.3) is 0 Å². The van der Waals surface area contributed by atoms with Crippen molar-refractivity contribution in [2.75, 3.05) is 11.9 Å². The molecule has 0 atom stereocenters. The molecule has 2 amide bonds. The van der Waals surface area contributed by atoms with Crippen LogP contribution in [-0.2, 0) is 17.8 Å². The Bertz CT molecular complexity index is 1100. The van der Waals surface area contributed by atoms with Crippen LogP contribution in [0, 0.1) is 19.7 Å². The van der Waals surface area contributed by atoms with Crippen LogP contribution in [0.5, 0.6) is 0 Å². The molecule has 1 aliphatic carbocycles. The number of benzene rings is 1. The second-order valence-electron chi connectivity index (χ2n) is 8.90. The largest absolute Gasteiger partial charge is 0.394 e. The number of hydrogen-bond acceptors (Lipinski definition) is 4. The van der Waals surface area contributed by atoms with Gasteiger partial charge in [0, 0.05) is 17.9 Å². The lowest BCUT2D eigenvalue weighted by molar-refractivity contribution is -0.120. The van der Waals surface area contributed by atoms with Gasteiger partial charge < -0.3 is 20.3 Å². The standard InChI is InChI=1S/C24H28FN3O4/c1-14-12-16(7-8-17(14)25)26-22(31)19-15(2)20(28-11-4-3-6-18(19)28)21(30)23(32)27-24(13-29)9-5-10-24/h7-8,12,29H,3-6,9-11,13H2,1-2H3,(H,26,31)(H,27,32). The Morgan fingerprint density at radius 2 is 1.91 bits per heavy atom.